The van der Waals surface area contributed by atoms with Crippen molar-refractivity contribution in [3.8, 4) is 6.07 Å². The summed E-state index contributed by atoms with van der Waals surface area (Å²) in [5.74, 6) is 0. The zero-order valence-corrected chi connectivity index (χ0v) is 18.9. The SMILES string of the molecule is C[C@@H]1CN(c2ccc(C#N)c3ncccc23)C[C@H](CN2CCC(N3CCOCC3)CC2)O1. The molecule has 5 rings (SSSR count). The molecular formula is C25H33N5O2. The predicted molar refractivity (Wildman–Crippen MR) is 125 cm³/mol. The van der Waals surface area contributed by atoms with Crippen LogP contribution in [0.4, 0.5) is 5.69 Å². The number of hydrogen-bond acceptors (Lipinski definition) is 7. The van der Waals surface area contributed by atoms with E-state index in [1.54, 1.807) is 6.20 Å². The number of nitrogens with zero attached hydrogens (tertiary/aromatic N) is 5. The van der Waals surface area contributed by atoms with Crippen molar-refractivity contribution in [2.75, 3.05) is 63.9 Å². The van der Waals surface area contributed by atoms with Gasteiger partial charge in [-0.2, -0.15) is 5.26 Å². The second-order valence-electron chi connectivity index (χ2n) is 9.30. The molecule has 3 aliphatic rings. The maximum atomic E-state index is 9.47. The van der Waals surface area contributed by atoms with E-state index in [0.29, 0.717) is 11.6 Å². The molecule has 3 aliphatic heterocycles. The van der Waals surface area contributed by atoms with E-state index in [4.69, 9.17) is 9.47 Å². The van der Waals surface area contributed by atoms with E-state index >= 15 is 0 Å². The topological polar surface area (TPSA) is 64.9 Å². The Bertz CT molecular complexity index is 962. The summed E-state index contributed by atoms with van der Waals surface area (Å²) in [7, 11) is 0. The zero-order chi connectivity index (χ0) is 21.9. The fraction of sp³-hybridized carbons (Fsp3) is 0.600. The Balaban J connectivity index is 1.24. The van der Waals surface area contributed by atoms with Gasteiger partial charge in [0.05, 0.1) is 36.5 Å². The summed E-state index contributed by atoms with van der Waals surface area (Å²) in [6, 6.07) is 11.0. The summed E-state index contributed by atoms with van der Waals surface area (Å²) in [6.07, 6.45) is 4.58. The molecule has 7 heteroatoms. The van der Waals surface area contributed by atoms with Gasteiger partial charge in [-0.25, -0.2) is 0 Å². The highest BCUT2D eigenvalue weighted by molar-refractivity contribution is 5.95. The summed E-state index contributed by atoms with van der Waals surface area (Å²) in [5, 5.41) is 10.5. The van der Waals surface area contributed by atoms with Gasteiger partial charge in [0.25, 0.3) is 0 Å². The second-order valence-corrected chi connectivity index (χ2v) is 9.30. The molecule has 0 bridgehead atoms. The van der Waals surface area contributed by atoms with Crippen molar-refractivity contribution >= 4 is 16.6 Å². The Kier molecular flexibility index (Phi) is 6.56. The molecular weight excluding hydrogens is 402 g/mol. The number of aromatic nitrogens is 1. The van der Waals surface area contributed by atoms with Crippen LogP contribution in [0.3, 0.4) is 0 Å². The van der Waals surface area contributed by atoms with Crippen molar-refractivity contribution in [3.63, 3.8) is 0 Å². The maximum Gasteiger partial charge on any atom is 0.101 e. The summed E-state index contributed by atoms with van der Waals surface area (Å²) in [4.78, 5) is 12.1. The van der Waals surface area contributed by atoms with E-state index in [1.807, 2.05) is 12.1 Å². The van der Waals surface area contributed by atoms with Gasteiger partial charge >= 0.3 is 0 Å². The number of rotatable bonds is 4. The lowest BCUT2D eigenvalue weighted by Crippen LogP contribution is -2.53. The molecule has 0 unspecified atom stereocenters. The first-order valence-electron chi connectivity index (χ1n) is 11.9. The van der Waals surface area contributed by atoms with Crippen LogP contribution in [0, 0.1) is 11.3 Å². The van der Waals surface area contributed by atoms with Crippen molar-refractivity contribution in [3.05, 3.63) is 36.0 Å². The van der Waals surface area contributed by atoms with Gasteiger partial charge < -0.3 is 19.3 Å². The Morgan fingerprint density at radius 1 is 1.09 bits per heavy atom. The number of hydrogen-bond donors (Lipinski definition) is 0. The Labute approximate surface area is 190 Å². The summed E-state index contributed by atoms with van der Waals surface area (Å²) in [6.45, 7) is 11.0. The molecule has 3 saturated heterocycles. The number of anilines is 1. The van der Waals surface area contributed by atoms with E-state index in [-0.39, 0.29) is 12.2 Å². The summed E-state index contributed by atoms with van der Waals surface area (Å²) in [5.41, 5.74) is 2.57. The maximum absolute atomic E-state index is 9.47. The molecule has 0 N–H and O–H groups in total. The fourth-order valence-electron chi connectivity index (χ4n) is 5.56. The van der Waals surface area contributed by atoms with Crippen molar-refractivity contribution in [2.45, 2.75) is 38.0 Å². The minimum Gasteiger partial charge on any atom is -0.379 e. The fourth-order valence-corrected chi connectivity index (χ4v) is 5.56. The van der Waals surface area contributed by atoms with Gasteiger partial charge in [0, 0.05) is 56.0 Å². The molecule has 0 amide bonds. The molecule has 0 spiro atoms. The number of morpholine rings is 2. The first-order chi connectivity index (χ1) is 15.7. The van der Waals surface area contributed by atoms with Crippen LogP contribution in [0.1, 0.15) is 25.3 Å². The van der Waals surface area contributed by atoms with Crippen molar-refractivity contribution in [1.82, 2.24) is 14.8 Å². The number of nitriles is 1. The van der Waals surface area contributed by atoms with E-state index in [9.17, 15) is 5.26 Å². The highest BCUT2D eigenvalue weighted by Crippen LogP contribution is 2.30. The molecule has 0 saturated carbocycles. The third kappa shape index (κ3) is 4.60. The van der Waals surface area contributed by atoms with Crippen LogP contribution < -0.4 is 4.90 Å². The second kappa shape index (κ2) is 9.72. The van der Waals surface area contributed by atoms with Gasteiger partial charge in [-0.05, 0) is 57.1 Å². The number of piperidine rings is 1. The first kappa shape index (κ1) is 21.6. The van der Waals surface area contributed by atoms with Crippen LogP contribution in [-0.4, -0.2) is 92.1 Å². The van der Waals surface area contributed by atoms with Crippen LogP contribution in [0.25, 0.3) is 10.9 Å². The highest BCUT2D eigenvalue weighted by atomic mass is 16.5. The molecule has 170 valence electrons. The van der Waals surface area contributed by atoms with Gasteiger partial charge in [0.1, 0.15) is 6.07 Å². The molecule has 0 aliphatic carbocycles. The van der Waals surface area contributed by atoms with Crippen LogP contribution in [0.15, 0.2) is 30.5 Å². The van der Waals surface area contributed by atoms with Crippen molar-refractivity contribution in [2.24, 2.45) is 0 Å². The molecule has 1 aromatic heterocycles. The van der Waals surface area contributed by atoms with Crippen LogP contribution in [0.2, 0.25) is 0 Å². The van der Waals surface area contributed by atoms with Gasteiger partial charge in [-0.15, -0.1) is 0 Å². The average Bonchev–Trinajstić information content (AvgIpc) is 2.84. The monoisotopic (exact) mass is 435 g/mol. The number of benzene rings is 1. The molecule has 2 aromatic rings. The highest BCUT2D eigenvalue weighted by Gasteiger charge is 2.31. The normalized spacial score (nSPS) is 26.3. The van der Waals surface area contributed by atoms with Crippen LogP contribution in [-0.2, 0) is 9.47 Å². The van der Waals surface area contributed by atoms with Gasteiger partial charge in [-0.3, -0.25) is 9.88 Å². The van der Waals surface area contributed by atoms with Crippen molar-refractivity contribution in [1.29, 1.82) is 5.26 Å². The molecule has 2 atom stereocenters. The van der Waals surface area contributed by atoms with E-state index < -0.39 is 0 Å². The molecule has 32 heavy (non-hydrogen) atoms. The molecule has 4 heterocycles. The number of ether oxygens (including phenoxy) is 2. The molecule has 7 nitrogen and oxygen atoms in total. The van der Waals surface area contributed by atoms with Gasteiger partial charge in [0.15, 0.2) is 0 Å². The van der Waals surface area contributed by atoms with Crippen molar-refractivity contribution < 1.29 is 9.47 Å². The Morgan fingerprint density at radius 3 is 2.69 bits per heavy atom. The Hall–Kier alpha value is -2.24. The standard InChI is InChI=1S/C25H33N5O2/c1-19-16-30(24-5-4-20(15-26)25-23(24)3-2-8-27-25)18-22(32-19)17-28-9-6-21(7-10-28)29-11-13-31-14-12-29/h2-5,8,19,21-22H,6-7,9-14,16-18H2,1H3/t19-,22+/m1/s1. The number of pyridine rings is 1. The summed E-state index contributed by atoms with van der Waals surface area (Å²) < 4.78 is 11.9. The first-order valence-corrected chi connectivity index (χ1v) is 11.9. The third-order valence-corrected chi connectivity index (χ3v) is 7.12. The third-order valence-electron chi connectivity index (χ3n) is 7.12. The average molecular weight is 436 g/mol. The molecule has 1 aromatic carbocycles. The predicted octanol–water partition coefficient (Wildman–Crippen LogP) is 2.50. The van der Waals surface area contributed by atoms with Crippen LogP contribution in [0.5, 0.6) is 0 Å². The molecule has 3 fully saturated rings. The lowest BCUT2D eigenvalue weighted by Gasteiger charge is -2.43. The zero-order valence-electron chi connectivity index (χ0n) is 18.9. The number of fused-ring (bicyclic) bond motifs is 1. The van der Waals surface area contributed by atoms with E-state index in [1.165, 1.54) is 12.8 Å². The largest absolute Gasteiger partial charge is 0.379 e. The van der Waals surface area contributed by atoms with E-state index in [2.05, 4.69) is 44.8 Å². The van der Waals surface area contributed by atoms with Crippen LogP contribution >= 0.6 is 0 Å². The van der Waals surface area contributed by atoms with E-state index in [0.717, 1.165) is 75.6 Å². The lowest BCUT2D eigenvalue weighted by molar-refractivity contribution is -0.0418. The van der Waals surface area contributed by atoms with Gasteiger partial charge in [-0.1, -0.05) is 0 Å². The molecule has 0 radical (unpaired) electrons. The minimum atomic E-state index is 0.169. The summed E-state index contributed by atoms with van der Waals surface area (Å²) >= 11 is 0. The minimum absolute atomic E-state index is 0.169. The quantitative estimate of drug-likeness (QED) is 0.731. The van der Waals surface area contributed by atoms with Gasteiger partial charge in [0.2, 0.25) is 0 Å². The number of likely N-dealkylation sites (tertiary alicyclic amines) is 1. The lowest BCUT2D eigenvalue weighted by atomic mass is 10.0. The Morgan fingerprint density at radius 2 is 1.91 bits per heavy atom. The smallest absolute Gasteiger partial charge is 0.101 e.